The van der Waals surface area contributed by atoms with Gasteiger partial charge >= 0.3 is 0 Å². The molecule has 1 amide bonds. The molecule has 4 rings (SSSR count). The Kier molecular flexibility index (Phi) is 6.10. The number of hydrogen-bond donors (Lipinski definition) is 1. The van der Waals surface area contributed by atoms with Crippen LogP contribution in [0.25, 0.3) is 6.08 Å². The van der Waals surface area contributed by atoms with E-state index in [4.69, 9.17) is 16.3 Å². The molecule has 1 atom stereocenters. The number of carbonyl (C=O) groups is 2. The molecule has 1 N–H and O–H groups in total. The number of allylic oxidation sites excluding steroid dienone is 1. The van der Waals surface area contributed by atoms with Crippen molar-refractivity contribution in [2.24, 2.45) is 0 Å². The zero-order valence-electron chi connectivity index (χ0n) is 17.2. The van der Waals surface area contributed by atoms with Crippen LogP contribution in [-0.2, 0) is 9.59 Å². The van der Waals surface area contributed by atoms with Crippen LogP contribution in [0.15, 0.2) is 96.3 Å². The number of rotatable bonds is 6. The van der Waals surface area contributed by atoms with E-state index in [1.165, 1.54) is 11.0 Å². The molecule has 0 radical (unpaired) electrons. The van der Waals surface area contributed by atoms with Crippen molar-refractivity contribution in [3.63, 3.8) is 0 Å². The van der Waals surface area contributed by atoms with E-state index in [1.807, 2.05) is 30.3 Å². The van der Waals surface area contributed by atoms with Crippen LogP contribution < -0.4 is 9.64 Å². The molecule has 0 bridgehead atoms. The van der Waals surface area contributed by atoms with Crippen molar-refractivity contribution < 1.29 is 19.4 Å². The lowest BCUT2D eigenvalue weighted by molar-refractivity contribution is -0.117. The topological polar surface area (TPSA) is 66.8 Å². The van der Waals surface area contributed by atoms with Crippen molar-refractivity contribution in [3.8, 4) is 5.75 Å². The quantitative estimate of drug-likeness (QED) is 0.506. The van der Waals surface area contributed by atoms with Crippen molar-refractivity contribution in [2.75, 3.05) is 12.0 Å². The maximum atomic E-state index is 13.2. The van der Waals surface area contributed by atoms with Gasteiger partial charge in [0.2, 0.25) is 0 Å². The predicted molar refractivity (Wildman–Crippen MR) is 125 cm³/mol. The molecule has 1 aliphatic rings. The lowest BCUT2D eigenvalue weighted by Crippen LogP contribution is -2.30. The second-order valence-electron chi connectivity index (χ2n) is 7.20. The van der Waals surface area contributed by atoms with Gasteiger partial charge in [-0.3, -0.25) is 14.5 Å². The minimum absolute atomic E-state index is 0.0142. The third-order valence-electron chi connectivity index (χ3n) is 5.24. The van der Waals surface area contributed by atoms with Gasteiger partial charge in [0, 0.05) is 10.7 Å². The number of methoxy groups -OCH3 is 1. The number of hydrogen-bond acceptors (Lipinski definition) is 4. The summed E-state index contributed by atoms with van der Waals surface area (Å²) < 4.78 is 5.20. The molecule has 0 spiro atoms. The molecule has 0 unspecified atom stereocenters. The first-order valence-corrected chi connectivity index (χ1v) is 10.3. The van der Waals surface area contributed by atoms with Crippen LogP contribution in [0.4, 0.5) is 5.69 Å². The minimum Gasteiger partial charge on any atom is -0.503 e. The third-order valence-corrected chi connectivity index (χ3v) is 5.49. The number of amides is 1. The fourth-order valence-corrected chi connectivity index (χ4v) is 3.78. The zero-order chi connectivity index (χ0) is 22.7. The number of ether oxygens (including phenoxy) is 1. The Labute approximate surface area is 190 Å². The summed E-state index contributed by atoms with van der Waals surface area (Å²) in [5.41, 5.74) is 2.02. The molecule has 1 aliphatic heterocycles. The summed E-state index contributed by atoms with van der Waals surface area (Å²) in [4.78, 5) is 27.7. The van der Waals surface area contributed by atoms with Crippen LogP contribution >= 0.6 is 11.6 Å². The van der Waals surface area contributed by atoms with E-state index in [1.54, 1.807) is 61.7 Å². The van der Waals surface area contributed by atoms with Gasteiger partial charge in [0.1, 0.15) is 5.75 Å². The minimum atomic E-state index is -0.805. The van der Waals surface area contributed by atoms with Gasteiger partial charge < -0.3 is 9.84 Å². The SMILES string of the molecule is COc1ccc(N2C(=O)C(O)=C(C(=O)/C=C/c3ccccc3)[C@H]2c2ccc(Cl)cc2)cc1. The zero-order valence-corrected chi connectivity index (χ0v) is 18.0. The van der Waals surface area contributed by atoms with Gasteiger partial charge in [-0.05, 0) is 53.6 Å². The lowest BCUT2D eigenvalue weighted by atomic mass is 9.95. The molecule has 160 valence electrons. The fourth-order valence-electron chi connectivity index (χ4n) is 3.65. The van der Waals surface area contributed by atoms with E-state index in [2.05, 4.69) is 0 Å². The van der Waals surface area contributed by atoms with Gasteiger partial charge in [0.15, 0.2) is 11.5 Å². The van der Waals surface area contributed by atoms with Gasteiger partial charge in [-0.1, -0.05) is 60.1 Å². The number of benzene rings is 3. The third kappa shape index (κ3) is 4.15. The van der Waals surface area contributed by atoms with E-state index in [0.717, 1.165) is 5.56 Å². The van der Waals surface area contributed by atoms with Crippen LogP contribution in [-0.4, -0.2) is 23.9 Å². The molecule has 0 saturated heterocycles. The molecule has 3 aromatic carbocycles. The van der Waals surface area contributed by atoms with Crippen LogP contribution in [0.2, 0.25) is 5.02 Å². The van der Waals surface area contributed by atoms with Gasteiger partial charge in [-0.2, -0.15) is 0 Å². The van der Waals surface area contributed by atoms with Crippen molar-refractivity contribution in [3.05, 3.63) is 112 Å². The van der Waals surface area contributed by atoms with Crippen LogP contribution in [0.1, 0.15) is 17.2 Å². The number of carbonyl (C=O) groups excluding carboxylic acids is 2. The van der Waals surface area contributed by atoms with Crippen molar-refractivity contribution in [2.45, 2.75) is 6.04 Å². The normalized spacial score (nSPS) is 16.1. The van der Waals surface area contributed by atoms with Crippen molar-refractivity contribution in [1.29, 1.82) is 0 Å². The highest BCUT2D eigenvalue weighted by Gasteiger charge is 2.43. The first kappa shape index (κ1) is 21.4. The number of aliphatic hydroxyl groups excluding tert-OH is 1. The second-order valence-corrected chi connectivity index (χ2v) is 7.63. The summed E-state index contributed by atoms with van der Waals surface area (Å²) in [6.45, 7) is 0. The molecule has 5 nitrogen and oxygen atoms in total. The second kappa shape index (κ2) is 9.12. The van der Waals surface area contributed by atoms with E-state index in [0.29, 0.717) is 22.0 Å². The maximum absolute atomic E-state index is 13.2. The first-order valence-electron chi connectivity index (χ1n) is 9.93. The largest absolute Gasteiger partial charge is 0.503 e. The summed E-state index contributed by atoms with van der Waals surface area (Å²) in [6, 6.07) is 22.2. The van der Waals surface area contributed by atoms with Crippen LogP contribution in [0, 0.1) is 0 Å². The summed E-state index contributed by atoms with van der Waals surface area (Å²) >= 11 is 6.05. The molecular formula is C26H20ClNO4. The van der Waals surface area contributed by atoms with E-state index < -0.39 is 23.5 Å². The molecule has 6 heteroatoms. The van der Waals surface area contributed by atoms with Crippen molar-refractivity contribution in [1.82, 2.24) is 0 Å². The Balaban J connectivity index is 1.77. The fraction of sp³-hybridized carbons (Fsp3) is 0.0769. The average molecular weight is 446 g/mol. The Morgan fingerprint density at radius 2 is 1.66 bits per heavy atom. The molecular weight excluding hydrogens is 426 g/mol. The molecule has 0 aliphatic carbocycles. The lowest BCUT2D eigenvalue weighted by Gasteiger charge is -2.27. The Morgan fingerprint density at radius 1 is 1.00 bits per heavy atom. The Bertz CT molecular complexity index is 1200. The summed E-state index contributed by atoms with van der Waals surface area (Å²) in [6.07, 6.45) is 3.02. The van der Waals surface area contributed by atoms with Gasteiger partial charge in [-0.15, -0.1) is 0 Å². The van der Waals surface area contributed by atoms with Gasteiger partial charge in [0.25, 0.3) is 5.91 Å². The smallest absolute Gasteiger partial charge is 0.294 e. The van der Waals surface area contributed by atoms with E-state index in [9.17, 15) is 14.7 Å². The molecule has 32 heavy (non-hydrogen) atoms. The highest BCUT2D eigenvalue weighted by Crippen LogP contribution is 2.41. The number of aliphatic hydroxyl groups is 1. The van der Waals surface area contributed by atoms with Gasteiger partial charge in [-0.25, -0.2) is 0 Å². The highest BCUT2D eigenvalue weighted by molar-refractivity contribution is 6.30. The Hall–Kier alpha value is -3.83. The molecule has 0 saturated carbocycles. The number of nitrogens with zero attached hydrogens (tertiary/aromatic N) is 1. The maximum Gasteiger partial charge on any atom is 0.294 e. The molecule has 1 heterocycles. The molecule has 0 fully saturated rings. The van der Waals surface area contributed by atoms with Crippen LogP contribution in [0.5, 0.6) is 5.75 Å². The van der Waals surface area contributed by atoms with E-state index in [-0.39, 0.29) is 5.57 Å². The van der Waals surface area contributed by atoms with Crippen LogP contribution in [0.3, 0.4) is 0 Å². The number of anilines is 1. The predicted octanol–water partition coefficient (Wildman–Crippen LogP) is 5.53. The Morgan fingerprint density at radius 3 is 2.28 bits per heavy atom. The molecule has 0 aromatic heterocycles. The number of halogens is 1. The highest BCUT2D eigenvalue weighted by atomic mass is 35.5. The molecule has 3 aromatic rings. The standard InChI is InChI=1S/C26H20ClNO4/c1-32-21-14-12-20(13-15-21)28-24(18-8-10-19(27)11-9-18)23(25(30)26(28)31)22(29)16-7-17-5-3-2-4-6-17/h2-16,24,30H,1H3/b16-7+/t24-/m1/s1. The summed E-state index contributed by atoms with van der Waals surface area (Å²) in [5.74, 6) is -1.03. The summed E-state index contributed by atoms with van der Waals surface area (Å²) in [5, 5.41) is 11.3. The van der Waals surface area contributed by atoms with Gasteiger partial charge in [0.05, 0.1) is 18.7 Å². The monoisotopic (exact) mass is 445 g/mol. The summed E-state index contributed by atoms with van der Waals surface area (Å²) in [7, 11) is 1.55. The number of ketones is 1. The first-order chi connectivity index (χ1) is 15.5. The average Bonchev–Trinajstić information content (AvgIpc) is 3.09. The van der Waals surface area contributed by atoms with Crippen molar-refractivity contribution >= 4 is 35.1 Å². The van der Waals surface area contributed by atoms with E-state index >= 15 is 0 Å².